The highest BCUT2D eigenvalue weighted by atomic mass is 16.7. The molecule has 108 valence electrons. The fraction of sp³-hybridized carbons (Fsp3) is 0.333. The van der Waals surface area contributed by atoms with Gasteiger partial charge in [0.25, 0.3) is 0 Å². The van der Waals surface area contributed by atoms with Crippen LogP contribution in [0.25, 0.3) is 6.08 Å². The minimum Gasteiger partial charge on any atom is -0.428 e. The number of esters is 1. The number of nitrogen functional groups attached to an aromatic ring is 1. The van der Waals surface area contributed by atoms with Gasteiger partial charge in [-0.15, -0.1) is 0 Å². The minimum absolute atomic E-state index is 0.279. The molecule has 0 unspecified atom stereocenters. The van der Waals surface area contributed by atoms with Crippen molar-refractivity contribution < 1.29 is 19.1 Å². The van der Waals surface area contributed by atoms with Crippen LogP contribution < -0.4 is 5.73 Å². The number of carbonyl (C=O) groups is 2. The van der Waals surface area contributed by atoms with E-state index in [-0.39, 0.29) is 5.57 Å². The molecule has 5 nitrogen and oxygen atoms in total. The van der Waals surface area contributed by atoms with E-state index in [1.54, 1.807) is 58.0 Å². The first-order valence-corrected chi connectivity index (χ1v) is 6.16. The minimum atomic E-state index is -1.01. The molecule has 0 saturated heterocycles. The number of hydrogen-bond donors (Lipinski definition) is 1. The number of nitrogens with two attached hydrogens (primary N) is 1. The number of hydrogen-bond acceptors (Lipinski definition) is 5. The quantitative estimate of drug-likeness (QED) is 0.389. The summed E-state index contributed by atoms with van der Waals surface area (Å²) < 4.78 is 9.49. The summed E-state index contributed by atoms with van der Waals surface area (Å²) in [6.45, 7) is 6.62. The average molecular weight is 277 g/mol. The van der Waals surface area contributed by atoms with E-state index in [9.17, 15) is 9.59 Å². The zero-order valence-corrected chi connectivity index (χ0v) is 12.1. The van der Waals surface area contributed by atoms with E-state index in [1.807, 2.05) is 0 Å². The van der Waals surface area contributed by atoms with Crippen molar-refractivity contribution in [1.82, 2.24) is 0 Å². The lowest BCUT2D eigenvalue weighted by atomic mass is 10.1. The lowest BCUT2D eigenvalue weighted by Crippen LogP contribution is -2.26. The van der Waals surface area contributed by atoms with Gasteiger partial charge >= 0.3 is 12.1 Å². The Kier molecular flexibility index (Phi) is 4.91. The molecule has 0 amide bonds. The zero-order valence-electron chi connectivity index (χ0n) is 12.1. The first-order chi connectivity index (χ1) is 9.17. The van der Waals surface area contributed by atoms with Gasteiger partial charge in [-0.1, -0.05) is 12.1 Å². The Balaban J connectivity index is 2.70. The van der Waals surface area contributed by atoms with Gasteiger partial charge < -0.3 is 15.2 Å². The maximum atomic E-state index is 11.7. The number of anilines is 1. The second-order valence-electron chi connectivity index (χ2n) is 5.35. The highest BCUT2D eigenvalue weighted by molar-refractivity contribution is 5.97. The van der Waals surface area contributed by atoms with Crippen LogP contribution in [0.3, 0.4) is 0 Å². The van der Waals surface area contributed by atoms with E-state index in [0.29, 0.717) is 5.69 Å². The molecule has 5 heteroatoms. The van der Waals surface area contributed by atoms with Gasteiger partial charge in [0.15, 0.2) is 0 Å². The van der Waals surface area contributed by atoms with Crippen LogP contribution in [0.1, 0.15) is 33.3 Å². The summed E-state index contributed by atoms with van der Waals surface area (Å²) in [7, 11) is 0. The fourth-order valence-electron chi connectivity index (χ4n) is 1.38. The van der Waals surface area contributed by atoms with Gasteiger partial charge in [0.1, 0.15) is 5.60 Å². The SMILES string of the molecule is CC(=Cc1cccc(N)c1)C(=O)OC(=O)OC(C)(C)C. The van der Waals surface area contributed by atoms with Crippen LogP contribution in [0, 0.1) is 0 Å². The van der Waals surface area contributed by atoms with Gasteiger partial charge in [-0.25, -0.2) is 9.59 Å². The van der Waals surface area contributed by atoms with Crippen LogP contribution in [-0.4, -0.2) is 17.7 Å². The normalized spacial score (nSPS) is 11.9. The van der Waals surface area contributed by atoms with Gasteiger partial charge in [-0.2, -0.15) is 0 Å². The molecular weight excluding hydrogens is 258 g/mol. The van der Waals surface area contributed by atoms with Crippen molar-refractivity contribution in [1.29, 1.82) is 0 Å². The van der Waals surface area contributed by atoms with Crippen LogP contribution in [0.5, 0.6) is 0 Å². The largest absolute Gasteiger partial charge is 0.516 e. The molecule has 0 aliphatic rings. The lowest BCUT2D eigenvalue weighted by Gasteiger charge is -2.18. The summed E-state index contributed by atoms with van der Waals surface area (Å²) in [6.07, 6.45) is 0.575. The fourth-order valence-corrected chi connectivity index (χ4v) is 1.38. The van der Waals surface area contributed by atoms with Crippen LogP contribution in [0.4, 0.5) is 10.5 Å². The highest BCUT2D eigenvalue weighted by Crippen LogP contribution is 2.13. The number of carbonyl (C=O) groups excluding carboxylic acids is 2. The van der Waals surface area contributed by atoms with E-state index in [0.717, 1.165) is 5.56 Å². The van der Waals surface area contributed by atoms with Crippen molar-refractivity contribution >= 4 is 23.9 Å². The highest BCUT2D eigenvalue weighted by Gasteiger charge is 2.20. The van der Waals surface area contributed by atoms with Crippen LogP contribution in [0.15, 0.2) is 29.8 Å². The summed E-state index contributed by atoms with van der Waals surface area (Å²) in [5, 5.41) is 0. The van der Waals surface area contributed by atoms with Gasteiger partial charge in [-0.05, 0) is 51.5 Å². The first kappa shape index (κ1) is 15.8. The Hall–Kier alpha value is -2.30. The third-order valence-electron chi connectivity index (χ3n) is 2.18. The van der Waals surface area contributed by atoms with Gasteiger partial charge in [0.2, 0.25) is 0 Å². The van der Waals surface area contributed by atoms with Gasteiger partial charge in [-0.3, -0.25) is 0 Å². The molecule has 0 aromatic heterocycles. The molecular formula is C15H19NO4. The number of rotatable bonds is 2. The standard InChI is InChI=1S/C15H19NO4/c1-10(8-11-6-5-7-12(16)9-11)13(17)19-14(18)20-15(2,3)4/h5-9H,16H2,1-4H3. The van der Waals surface area contributed by atoms with Crippen molar-refractivity contribution in [3.8, 4) is 0 Å². The molecule has 1 rings (SSSR count). The van der Waals surface area contributed by atoms with E-state index in [4.69, 9.17) is 10.5 Å². The van der Waals surface area contributed by atoms with Crippen LogP contribution in [0.2, 0.25) is 0 Å². The molecule has 0 aliphatic carbocycles. The predicted molar refractivity (Wildman–Crippen MR) is 76.8 cm³/mol. The maximum Gasteiger partial charge on any atom is 0.516 e. The Bertz CT molecular complexity index is 541. The van der Waals surface area contributed by atoms with Gasteiger partial charge in [0, 0.05) is 11.3 Å². The Morgan fingerprint density at radius 3 is 2.45 bits per heavy atom. The maximum absolute atomic E-state index is 11.7. The molecule has 0 saturated carbocycles. The van der Waals surface area contributed by atoms with Crippen LogP contribution in [-0.2, 0) is 14.3 Å². The Morgan fingerprint density at radius 2 is 1.90 bits per heavy atom. The summed E-state index contributed by atoms with van der Waals surface area (Å²) in [4.78, 5) is 23.1. The summed E-state index contributed by atoms with van der Waals surface area (Å²) >= 11 is 0. The van der Waals surface area contributed by atoms with Crippen molar-refractivity contribution in [2.75, 3.05) is 5.73 Å². The van der Waals surface area contributed by atoms with Crippen molar-refractivity contribution in [3.05, 3.63) is 35.4 Å². The molecule has 0 radical (unpaired) electrons. The predicted octanol–water partition coefficient (Wildman–Crippen LogP) is 3.15. The monoisotopic (exact) mass is 277 g/mol. The molecule has 0 atom stereocenters. The molecule has 20 heavy (non-hydrogen) atoms. The summed E-state index contributed by atoms with van der Waals surface area (Å²) in [6, 6.07) is 7.02. The summed E-state index contributed by atoms with van der Waals surface area (Å²) in [5.41, 5.74) is 6.56. The number of benzene rings is 1. The Labute approximate surface area is 118 Å². The molecule has 2 N–H and O–H groups in total. The average Bonchev–Trinajstić information content (AvgIpc) is 2.25. The van der Waals surface area contributed by atoms with E-state index >= 15 is 0 Å². The topological polar surface area (TPSA) is 78.6 Å². The smallest absolute Gasteiger partial charge is 0.428 e. The van der Waals surface area contributed by atoms with E-state index in [1.165, 1.54) is 0 Å². The van der Waals surface area contributed by atoms with Crippen molar-refractivity contribution in [3.63, 3.8) is 0 Å². The Morgan fingerprint density at radius 1 is 1.25 bits per heavy atom. The second kappa shape index (κ2) is 6.23. The van der Waals surface area contributed by atoms with Crippen LogP contribution >= 0.6 is 0 Å². The molecule has 0 fully saturated rings. The first-order valence-electron chi connectivity index (χ1n) is 6.16. The number of ether oxygens (including phenoxy) is 2. The third-order valence-corrected chi connectivity index (χ3v) is 2.18. The molecule has 0 spiro atoms. The van der Waals surface area contributed by atoms with E-state index < -0.39 is 17.7 Å². The lowest BCUT2D eigenvalue weighted by molar-refractivity contribution is -0.136. The molecule has 1 aromatic rings. The zero-order chi connectivity index (χ0) is 15.3. The molecule has 0 bridgehead atoms. The molecule has 1 aromatic carbocycles. The van der Waals surface area contributed by atoms with Crippen molar-refractivity contribution in [2.24, 2.45) is 0 Å². The third kappa shape index (κ3) is 5.56. The van der Waals surface area contributed by atoms with E-state index in [2.05, 4.69) is 4.74 Å². The van der Waals surface area contributed by atoms with Gasteiger partial charge in [0.05, 0.1) is 0 Å². The molecule has 0 heterocycles. The molecule has 0 aliphatic heterocycles. The second-order valence-corrected chi connectivity index (χ2v) is 5.35. The van der Waals surface area contributed by atoms with Crippen molar-refractivity contribution in [2.45, 2.75) is 33.3 Å². The summed E-state index contributed by atoms with van der Waals surface area (Å²) in [5.74, 6) is -0.748.